The average molecular weight is 376 g/mol. The van der Waals surface area contributed by atoms with Crippen molar-refractivity contribution in [2.24, 2.45) is 4.99 Å². The van der Waals surface area contributed by atoms with Crippen LogP contribution in [0.1, 0.15) is 18.1 Å². The standard InChI is InChI=1S/C18H11Cl2NO4/c1-10(22)24-16-5-3-2-4-11(16)8-15-18(23)25-17(21-15)13-7-6-12(19)9-14(13)20/h2-9H,1H3/b15-8-. The summed E-state index contributed by atoms with van der Waals surface area (Å²) in [5.41, 5.74) is 1.05. The predicted molar refractivity (Wildman–Crippen MR) is 94.8 cm³/mol. The zero-order chi connectivity index (χ0) is 18.0. The van der Waals surface area contributed by atoms with E-state index in [2.05, 4.69) is 4.99 Å². The van der Waals surface area contributed by atoms with Crippen LogP contribution in [0.25, 0.3) is 6.08 Å². The van der Waals surface area contributed by atoms with Crippen LogP contribution in [0.4, 0.5) is 0 Å². The highest BCUT2D eigenvalue weighted by atomic mass is 35.5. The molecule has 0 N–H and O–H groups in total. The Morgan fingerprint density at radius 1 is 1.20 bits per heavy atom. The van der Waals surface area contributed by atoms with Gasteiger partial charge < -0.3 is 9.47 Å². The number of carbonyl (C=O) groups is 2. The first-order chi connectivity index (χ1) is 11.9. The van der Waals surface area contributed by atoms with Crippen LogP contribution in [0.5, 0.6) is 5.75 Å². The number of rotatable bonds is 3. The molecule has 0 radical (unpaired) electrons. The van der Waals surface area contributed by atoms with E-state index in [0.717, 1.165) is 0 Å². The van der Waals surface area contributed by atoms with Gasteiger partial charge in [-0.15, -0.1) is 0 Å². The summed E-state index contributed by atoms with van der Waals surface area (Å²) < 4.78 is 10.3. The van der Waals surface area contributed by atoms with Crippen molar-refractivity contribution in [3.8, 4) is 5.75 Å². The zero-order valence-corrected chi connectivity index (χ0v) is 14.5. The summed E-state index contributed by atoms with van der Waals surface area (Å²) in [5, 5.41) is 0.783. The topological polar surface area (TPSA) is 65.0 Å². The van der Waals surface area contributed by atoms with Gasteiger partial charge in [0.2, 0.25) is 5.90 Å². The second-order valence-corrected chi connectivity index (χ2v) is 5.94. The van der Waals surface area contributed by atoms with E-state index in [4.69, 9.17) is 32.7 Å². The smallest absolute Gasteiger partial charge is 0.363 e. The minimum atomic E-state index is -0.626. The van der Waals surface area contributed by atoms with Gasteiger partial charge >= 0.3 is 11.9 Å². The number of para-hydroxylation sites is 1. The van der Waals surface area contributed by atoms with E-state index in [1.54, 1.807) is 36.4 Å². The molecule has 0 amide bonds. The van der Waals surface area contributed by atoms with Crippen molar-refractivity contribution in [3.63, 3.8) is 0 Å². The fourth-order valence-electron chi connectivity index (χ4n) is 2.18. The normalized spacial score (nSPS) is 15.1. The molecule has 2 aromatic carbocycles. The lowest BCUT2D eigenvalue weighted by atomic mass is 10.1. The lowest BCUT2D eigenvalue weighted by molar-refractivity contribution is -0.132. The number of ether oxygens (including phenoxy) is 2. The van der Waals surface area contributed by atoms with Crippen molar-refractivity contribution in [2.45, 2.75) is 6.92 Å². The summed E-state index contributed by atoms with van der Waals surface area (Å²) in [5.74, 6) is -0.679. The Hall–Kier alpha value is -2.63. The van der Waals surface area contributed by atoms with Gasteiger partial charge in [0.25, 0.3) is 0 Å². The Bertz CT molecular complexity index is 934. The van der Waals surface area contributed by atoms with Gasteiger partial charge in [0.15, 0.2) is 5.70 Å². The number of hydrogen-bond acceptors (Lipinski definition) is 5. The van der Waals surface area contributed by atoms with Crippen LogP contribution in [0.15, 0.2) is 53.2 Å². The van der Waals surface area contributed by atoms with Crippen LogP contribution in [0, 0.1) is 0 Å². The van der Waals surface area contributed by atoms with Gasteiger partial charge in [-0.1, -0.05) is 41.4 Å². The second-order valence-electron chi connectivity index (χ2n) is 5.09. The van der Waals surface area contributed by atoms with Crippen LogP contribution in [-0.4, -0.2) is 17.8 Å². The van der Waals surface area contributed by atoms with E-state index < -0.39 is 11.9 Å². The highest BCUT2D eigenvalue weighted by Gasteiger charge is 2.26. The monoisotopic (exact) mass is 375 g/mol. The van der Waals surface area contributed by atoms with Crippen molar-refractivity contribution in [1.82, 2.24) is 0 Å². The molecule has 0 unspecified atom stereocenters. The predicted octanol–water partition coefficient (Wildman–Crippen LogP) is 4.26. The molecule has 0 atom stereocenters. The third kappa shape index (κ3) is 3.90. The molecule has 1 aliphatic heterocycles. The van der Waals surface area contributed by atoms with E-state index >= 15 is 0 Å². The lowest BCUT2D eigenvalue weighted by Gasteiger charge is -2.04. The molecule has 25 heavy (non-hydrogen) atoms. The summed E-state index contributed by atoms with van der Waals surface area (Å²) in [6, 6.07) is 11.6. The van der Waals surface area contributed by atoms with Crippen LogP contribution < -0.4 is 4.74 Å². The Morgan fingerprint density at radius 2 is 1.96 bits per heavy atom. The zero-order valence-electron chi connectivity index (χ0n) is 13.0. The minimum absolute atomic E-state index is 0.0700. The van der Waals surface area contributed by atoms with Crippen molar-refractivity contribution in [2.75, 3.05) is 0 Å². The number of benzene rings is 2. The molecule has 2 aromatic rings. The summed E-state index contributed by atoms with van der Waals surface area (Å²) in [7, 11) is 0. The first-order valence-electron chi connectivity index (χ1n) is 7.19. The maximum Gasteiger partial charge on any atom is 0.363 e. The van der Waals surface area contributed by atoms with Crippen molar-refractivity contribution in [3.05, 3.63) is 69.3 Å². The number of hydrogen-bond donors (Lipinski definition) is 0. The Labute approximate surface area is 153 Å². The molecular formula is C18H11Cl2NO4. The van der Waals surface area contributed by atoms with Gasteiger partial charge in [0.1, 0.15) is 5.75 Å². The third-order valence-electron chi connectivity index (χ3n) is 3.25. The van der Waals surface area contributed by atoms with Crippen LogP contribution in [0.2, 0.25) is 10.0 Å². The fraction of sp³-hybridized carbons (Fsp3) is 0.0556. The highest BCUT2D eigenvalue weighted by Crippen LogP contribution is 2.28. The molecule has 0 bridgehead atoms. The van der Waals surface area contributed by atoms with Crippen LogP contribution in [0.3, 0.4) is 0 Å². The Kier molecular flexibility index (Phi) is 4.88. The molecule has 0 fully saturated rings. The number of cyclic esters (lactones) is 1. The largest absolute Gasteiger partial charge is 0.426 e. The Balaban J connectivity index is 1.98. The number of aliphatic imine (C=N–C) groups is 1. The maximum atomic E-state index is 12.1. The fourth-order valence-corrected chi connectivity index (χ4v) is 2.67. The molecule has 1 aliphatic rings. The molecule has 126 valence electrons. The van der Waals surface area contributed by atoms with E-state index in [1.807, 2.05) is 0 Å². The molecule has 0 saturated heterocycles. The van der Waals surface area contributed by atoms with Crippen LogP contribution in [-0.2, 0) is 14.3 Å². The molecule has 0 saturated carbocycles. The molecule has 1 heterocycles. The summed E-state index contributed by atoms with van der Waals surface area (Å²) >= 11 is 12.0. The van der Waals surface area contributed by atoms with E-state index in [9.17, 15) is 9.59 Å². The number of nitrogens with zero attached hydrogens (tertiary/aromatic N) is 1. The van der Waals surface area contributed by atoms with Crippen molar-refractivity contribution < 1.29 is 19.1 Å². The number of esters is 2. The third-order valence-corrected chi connectivity index (χ3v) is 3.79. The average Bonchev–Trinajstić information content (AvgIpc) is 2.89. The van der Waals surface area contributed by atoms with Crippen LogP contribution >= 0.6 is 23.2 Å². The number of carbonyl (C=O) groups excluding carboxylic acids is 2. The Morgan fingerprint density at radius 3 is 2.68 bits per heavy atom. The van der Waals surface area contributed by atoms with Crippen molar-refractivity contribution in [1.29, 1.82) is 0 Å². The maximum absolute atomic E-state index is 12.1. The summed E-state index contributed by atoms with van der Waals surface area (Å²) in [6.45, 7) is 1.30. The SMILES string of the molecule is CC(=O)Oc1ccccc1/C=C1\N=C(c2ccc(Cl)cc2Cl)OC1=O. The molecule has 0 spiro atoms. The van der Waals surface area contributed by atoms with Crippen molar-refractivity contribution >= 4 is 47.1 Å². The van der Waals surface area contributed by atoms with Gasteiger partial charge in [0, 0.05) is 17.5 Å². The first-order valence-corrected chi connectivity index (χ1v) is 7.95. The van der Waals surface area contributed by atoms with E-state index in [1.165, 1.54) is 19.1 Å². The molecular weight excluding hydrogens is 365 g/mol. The minimum Gasteiger partial charge on any atom is -0.426 e. The van der Waals surface area contributed by atoms with Gasteiger partial charge in [-0.2, -0.15) is 0 Å². The van der Waals surface area contributed by atoms with Gasteiger partial charge in [0.05, 0.1) is 10.6 Å². The molecule has 7 heteroatoms. The lowest BCUT2D eigenvalue weighted by Crippen LogP contribution is -2.06. The van der Waals surface area contributed by atoms with E-state index in [-0.39, 0.29) is 11.6 Å². The summed E-state index contributed by atoms with van der Waals surface area (Å²) in [4.78, 5) is 27.5. The molecule has 3 rings (SSSR count). The quantitative estimate of drug-likeness (QED) is 0.456. The van der Waals surface area contributed by atoms with E-state index in [0.29, 0.717) is 26.9 Å². The molecule has 0 aliphatic carbocycles. The second kappa shape index (κ2) is 7.09. The molecule has 0 aromatic heterocycles. The summed E-state index contributed by atoms with van der Waals surface area (Å²) in [6.07, 6.45) is 1.48. The van der Waals surface area contributed by atoms with Gasteiger partial charge in [-0.3, -0.25) is 4.79 Å². The van der Waals surface area contributed by atoms with Gasteiger partial charge in [-0.05, 0) is 30.3 Å². The molecule has 5 nitrogen and oxygen atoms in total. The van der Waals surface area contributed by atoms with Gasteiger partial charge in [-0.25, -0.2) is 9.79 Å². The number of halogens is 2. The highest BCUT2D eigenvalue weighted by molar-refractivity contribution is 6.37. The first kappa shape index (κ1) is 17.2.